The second kappa shape index (κ2) is 6.24. The summed E-state index contributed by atoms with van der Waals surface area (Å²) < 4.78 is 13.1. The summed E-state index contributed by atoms with van der Waals surface area (Å²) in [4.78, 5) is 13.9. The second-order valence-corrected chi connectivity index (χ2v) is 5.78. The summed E-state index contributed by atoms with van der Waals surface area (Å²) in [5, 5.41) is 1.32. The van der Waals surface area contributed by atoms with Crippen molar-refractivity contribution in [2.75, 3.05) is 11.4 Å². The van der Waals surface area contributed by atoms with Gasteiger partial charge in [0.2, 0.25) is 0 Å². The third-order valence-electron chi connectivity index (χ3n) is 4.32. The van der Waals surface area contributed by atoms with Gasteiger partial charge in [0, 0.05) is 47.4 Å². The lowest BCUT2D eigenvalue weighted by molar-refractivity contribution is -0.0979. The van der Waals surface area contributed by atoms with E-state index in [2.05, 4.69) is 35.0 Å². The van der Waals surface area contributed by atoms with Gasteiger partial charge in [-0.3, -0.25) is 0 Å². The number of aromatic amines is 1. The molecule has 0 aliphatic carbocycles. The lowest BCUT2D eigenvalue weighted by Gasteiger charge is -2.29. The molecule has 1 aliphatic heterocycles. The molecule has 1 N–H and O–H groups in total. The molecule has 3 aromatic rings. The maximum atomic E-state index is 13.1. The fourth-order valence-electron chi connectivity index (χ4n) is 3.20. The standard InChI is InChI=1S/C18H17FN2.CH2O/c1-12-2-7-17-15(10-12)16-11-21(9-8-18(16)20-17)14-5-3-13(19)4-6-14;1-2/h2-7,10,20H,8-9,11H2,1H3;1H2. The normalized spacial score (nSPS) is 13.4. The number of nitrogens with one attached hydrogen (secondary N) is 1. The maximum absolute atomic E-state index is 13.1. The molecule has 0 bridgehead atoms. The number of carbonyl (C=O) groups is 1. The molecule has 2 aromatic carbocycles. The fourth-order valence-corrected chi connectivity index (χ4v) is 3.20. The number of hydrogen-bond acceptors (Lipinski definition) is 2. The van der Waals surface area contributed by atoms with Crippen LogP contribution in [0.1, 0.15) is 16.8 Å². The van der Waals surface area contributed by atoms with Gasteiger partial charge >= 0.3 is 0 Å². The minimum atomic E-state index is -0.181. The van der Waals surface area contributed by atoms with Crippen molar-refractivity contribution >= 4 is 23.4 Å². The van der Waals surface area contributed by atoms with Crippen LogP contribution in [0, 0.1) is 12.7 Å². The lowest BCUT2D eigenvalue weighted by Crippen LogP contribution is -2.29. The molecule has 23 heavy (non-hydrogen) atoms. The van der Waals surface area contributed by atoms with Crippen LogP contribution in [0.4, 0.5) is 10.1 Å². The van der Waals surface area contributed by atoms with Gasteiger partial charge in [-0.2, -0.15) is 0 Å². The van der Waals surface area contributed by atoms with Crippen LogP contribution in [0.3, 0.4) is 0 Å². The number of aromatic nitrogens is 1. The van der Waals surface area contributed by atoms with E-state index in [4.69, 9.17) is 4.79 Å². The number of anilines is 1. The van der Waals surface area contributed by atoms with Gasteiger partial charge in [-0.1, -0.05) is 11.6 Å². The van der Waals surface area contributed by atoms with Crippen LogP contribution in [0.25, 0.3) is 10.9 Å². The number of H-pyrrole nitrogens is 1. The monoisotopic (exact) mass is 310 g/mol. The van der Waals surface area contributed by atoms with E-state index < -0.39 is 0 Å². The summed E-state index contributed by atoms with van der Waals surface area (Å²) in [6.45, 7) is 5.97. The quantitative estimate of drug-likeness (QED) is 0.737. The molecule has 2 heterocycles. The number of halogens is 1. The Hall–Kier alpha value is -2.62. The van der Waals surface area contributed by atoms with Gasteiger partial charge in [-0.15, -0.1) is 0 Å². The van der Waals surface area contributed by atoms with Gasteiger partial charge < -0.3 is 14.7 Å². The molecule has 3 nitrogen and oxygen atoms in total. The Morgan fingerprint density at radius 1 is 1.13 bits per heavy atom. The summed E-state index contributed by atoms with van der Waals surface area (Å²) >= 11 is 0. The largest absolute Gasteiger partial charge is 0.367 e. The first-order valence-electron chi connectivity index (χ1n) is 7.60. The van der Waals surface area contributed by atoms with Crippen LogP contribution in [-0.4, -0.2) is 18.3 Å². The van der Waals surface area contributed by atoms with Crippen LogP contribution in [0.2, 0.25) is 0 Å². The fraction of sp³-hybridized carbons (Fsp3) is 0.211. The average Bonchev–Trinajstić information content (AvgIpc) is 2.94. The van der Waals surface area contributed by atoms with Crippen LogP contribution in [0.15, 0.2) is 42.5 Å². The molecule has 0 radical (unpaired) electrons. The van der Waals surface area contributed by atoms with Crippen molar-refractivity contribution in [2.24, 2.45) is 0 Å². The predicted octanol–water partition coefficient (Wildman–Crippen LogP) is 3.99. The van der Waals surface area contributed by atoms with Crippen molar-refractivity contribution in [2.45, 2.75) is 19.9 Å². The molecule has 118 valence electrons. The molecule has 4 heteroatoms. The third kappa shape index (κ3) is 2.84. The van der Waals surface area contributed by atoms with Crippen molar-refractivity contribution < 1.29 is 9.18 Å². The minimum absolute atomic E-state index is 0.181. The first-order chi connectivity index (χ1) is 11.2. The van der Waals surface area contributed by atoms with Crippen molar-refractivity contribution in [3.8, 4) is 0 Å². The Kier molecular flexibility index (Phi) is 4.15. The number of aryl methyl sites for hydroxylation is 1. The molecule has 1 aromatic heterocycles. The highest BCUT2D eigenvalue weighted by molar-refractivity contribution is 5.86. The summed E-state index contributed by atoms with van der Waals surface area (Å²) in [6, 6.07) is 13.3. The Labute approximate surface area is 134 Å². The predicted molar refractivity (Wildman–Crippen MR) is 91.3 cm³/mol. The molecule has 0 unspecified atom stereocenters. The molecule has 0 saturated heterocycles. The Morgan fingerprint density at radius 3 is 2.61 bits per heavy atom. The van der Waals surface area contributed by atoms with E-state index in [0.717, 1.165) is 25.2 Å². The van der Waals surface area contributed by atoms with Crippen molar-refractivity contribution in [1.29, 1.82) is 0 Å². The molecule has 0 amide bonds. The van der Waals surface area contributed by atoms with E-state index in [1.54, 1.807) is 0 Å². The molecule has 0 fully saturated rings. The van der Waals surface area contributed by atoms with Crippen LogP contribution >= 0.6 is 0 Å². The smallest absolute Gasteiger partial charge is 0.123 e. The van der Waals surface area contributed by atoms with Gasteiger partial charge in [0.1, 0.15) is 12.6 Å². The summed E-state index contributed by atoms with van der Waals surface area (Å²) in [6.07, 6.45) is 1.00. The van der Waals surface area contributed by atoms with Crippen molar-refractivity contribution in [3.63, 3.8) is 0 Å². The SMILES string of the molecule is C=O.Cc1ccc2[nH]c3c(c2c1)CN(c1ccc(F)cc1)CC3. The molecule has 0 atom stereocenters. The molecule has 0 saturated carbocycles. The van der Waals surface area contributed by atoms with Gasteiger partial charge in [0.15, 0.2) is 0 Å². The van der Waals surface area contributed by atoms with E-state index in [9.17, 15) is 4.39 Å². The van der Waals surface area contributed by atoms with Crippen LogP contribution in [-0.2, 0) is 17.8 Å². The highest BCUT2D eigenvalue weighted by Crippen LogP contribution is 2.30. The first-order valence-corrected chi connectivity index (χ1v) is 7.60. The van der Waals surface area contributed by atoms with E-state index in [0.29, 0.717) is 0 Å². The highest BCUT2D eigenvalue weighted by atomic mass is 19.1. The zero-order valence-electron chi connectivity index (χ0n) is 13.1. The number of fused-ring (bicyclic) bond motifs is 3. The zero-order chi connectivity index (χ0) is 16.4. The van der Waals surface area contributed by atoms with Crippen LogP contribution < -0.4 is 4.90 Å². The average molecular weight is 310 g/mol. The zero-order valence-corrected chi connectivity index (χ0v) is 13.1. The number of benzene rings is 2. The van der Waals surface area contributed by atoms with E-state index in [1.165, 1.54) is 39.9 Å². The summed E-state index contributed by atoms with van der Waals surface area (Å²) in [5.74, 6) is -0.181. The number of nitrogens with zero attached hydrogens (tertiary/aromatic N) is 1. The third-order valence-corrected chi connectivity index (χ3v) is 4.32. The second-order valence-electron chi connectivity index (χ2n) is 5.78. The molecule has 4 rings (SSSR count). The van der Waals surface area contributed by atoms with Gasteiger partial charge in [0.05, 0.1) is 0 Å². The molecule has 0 spiro atoms. The maximum Gasteiger partial charge on any atom is 0.123 e. The van der Waals surface area contributed by atoms with Crippen LogP contribution in [0.5, 0.6) is 0 Å². The number of carbonyl (C=O) groups excluding carboxylic acids is 1. The van der Waals surface area contributed by atoms with E-state index in [1.807, 2.05) is 18.9 Å². The number of rotatable bonds is 1. The summed E-state index contributed by atoms with van der Waals surface area (Å²) in [7, 11) is 0. The Morgan fingerprint density at radius 2 is 1.87 bits per heavy atom. The van der Waals surface area contributed by atoms with Crippen molar-refractivity contribution in [3.05, 3.63) is 65.1 Å². The molecular formula is C19H19FN2O. The minimum Gasteiger partial charge on any atom is -0.367 e. The Balaban J connectivity index is 0.000000753. The van der Waals surface area contributed by atoms with E-state index in [-0.39, 0.29) is 5.82 Å². The van der Waals surface area contributed by atoms with Gasteiger partial charge in [0.25, 0.3) is 0 Å². The summed E-state index contributed by atoms with van der Waals surface area (Å²) in [5.41, 5.74) is 6.30. The topological polar surface area (TPSA) is 36.1 Å². The first kappa shape index (κ1) is 15.3. The Bertz CT molecular complexity index is 823. The lowest BCUT2D eigenvalue weighted by atomic mass is 10.0. The van der Waals surface area contributed by atoms with Crippen molar-refractivity contribution in [1.82, 2.24) is 4.98 Å². The van der Waals surface area contributed by atoms with Gasteiger partial charge in [-0.25, -0.2) is 4.39 Å². The highest BCUT2D eigenvalue weighted by Gasteiger charge is 2.20. The molecular weight excluding hydrogens is 291 g/mol. The molecule has 1 aliphatic rings. The van der Waals surface area contributed by atoms with Gasteiger partial charge in [-0.05, 0) is 43.3 Å². The number of hydrogen-bond donors (Lipinski definition) is 1. The van der Waals surface area contributed by atoms with E-state index >= 15 is 0 Å².